The Kier molecular flexibility index (Phi) is 8.60. The van der Waals surface area contributed by atoms with Crippen molar-refractivity contribution in [2.24, 2.45) is 5.10 Å². The van der Waals surface area contributed by atoms with Gasteiger partial charge in [0, 0.05) is 23.4 Å². The number of nitrogens with zero attached hydrogens (tertiary/aromatic N) is 2. The van der Waals surface area contributed by atoms with E-state index in [9.17, 15) is 37.7 Å². The van der Waals surface area contributed by atoms with Crippen LogP contribution in [-0.2, 0) is 15.8 Å². The molecule has 0 bridgehead atoms. The molecule has 0 aliphatic carbocycles. The standard InChI is InChI=1S/C25H19F3N4O7/c1-14(30-31-23(34)22(33)29-18-8-6-17(7-9-18)25(26,27)28)16-5-12-20(21(13-16)38-2)39-24(35)15-3-10-19(11-4-15)32(36)37/h3-13H,1-2H3,(H,29,33)(H,31,34)/b30-14+. The van der Waals surface area contributed by atoms with Crippen molar-refractivity contribution >= 4 is 34.9 Å². The van der Waals surface area contributed by atoms with Gasteiger partial charge >= 0.3 is 24.0 Å². The zero-order chi connectivity index (χ0) is 28.7. The molecule has 0 atom stereocenters. The summed E-state index contributed by atoms with van der Waals surface area (Å²) in [5.41, 5.74) is 1.65. The number of amides is 2. The van der Waals surface area contributed by atoms with Gasteiger partial charge in [0.05, 0.1) is 28.9 Å². The number of hydrogen-bond acceptors (Lipinski definition) is 8. The Morgan fingerprint density at radius 2 is 1.51 bits per heavy atom. The largest absolute Gasteiger partial charge is 0.493 e. The predicted molar refractivity (Wildman–Crippen MR) is 131 cm³/mol. The molecule has 3 aromatic carbocycles. The Morgan fingerprint density at radius 3 is 2.08 bits per heavy atom. The van der Waals surface area contributed by atoms with E-state index in [0.717, 1.165) is 36.4 Å². The molecule has 14 heteroatoms. The van der Waals surface area contributed by atoms with E-state index in [2.05, 4.69) is 10.4 Å². The maximum Gasteiger partial charge on any atom is 0.416 e. The van der Waals surface area contributed by atoms with Crippen LogP contribution < -0.4 is 20.2 Å². The van der Waals surface area contributed by atoms with Crippen LogP contribution in [0.5, 0.6) is 11.5 Å². The maximum atomic E-state index is 12.6. The van der Waals surface area contributed by atoms with Crippen LogP contribution in [0.15, 0.2) is 71.8 Å². The van der Waals surface area contributed by atoms with E-state index in [-0.39, 0.29) is 34.1 Å². The molecule has 39 heavy (non-hydrogen) atoms. The van der Waals surface area contributed by atoms with Crippen LogP contribution in [0.25, 0.3) is 0 Å². The number of anilines is 1. The highest BCUT2D eigenvalue weighted by Gasteiger charge is 2.30. The third-order valence-electron chi connectivity index (χ3n) is 5.10. The van der Waals surface area contributed by atoms with Crippen LogP contribution in [0.2, 0.25) is 0 Å². The first-order chi connectivity index (χ1) is 18.4. The lowest BCUT2D eigenvalue weighted by Crippen LogP contribution is -2.33. The number of carbonyl (C=O) groups is 3. The zero-order valence-electron chi connectivity index (χ0n) is 20.2. The van der Waals surface area contributed by atoms with Gasteiger partial charge in [0.2, 0.25) is 0 Å². The van der Waals surface area contributed by atoms with Crippen LogP contribution in [0.1, 0.15) is 28.4 Å². The number of non-ortho nitro benzene ring substituents is 1. The normalized spacial score (nSPS) is 11.4. The fraction of sp³-hybridized carbons (Fsp3) is 0.120. The highest BCUT2D eigenvalue weighted by atomic mass is 19.4. The number of alkyl halides is 3. The van der Waals surface area contributed by atoms with Gasteiger partial charge in [0.25, 0.3) is 5.69 Å². The average molecular weight is 544 g/mol. The highest BCUT2D eigenvalue weighted by molar-refractivity contribution is 6.39. The second kappa shape index (κ2) is 11.9. The number of nitrogens with one attached hydrogen (secondary N) is 2. The van der Waals surface area contributed by atoms with Gasteiger partial charge in [-0.1, -0.05) is 0 Å². The lowest BCUT2D eigenvalue weighted by Gasteiger charge is -2.11. The van der Waals surface area contributed by atoms with Gasteiger partial charge in [-0.15, -0.1) is 0 Å². The number of halogens is 3. The van der Waals surface area contributed by atoms with Gasteiger partial charge in [-0.3, -0.25) is 19.7 Å². The molecule has 0 unspecified atom stereocenters. The highest BCUT2D eigenvalue weighted by Crippen LogP contribution is 2.30. The van der Waals surface area contributed by atoms with Gasteiger partial charge < -0.3 is 14.8 Å². The Labute approximate surface area is 218 Å². The molecule has 0 aromatic heterocycles. The topological polar surface area (TPSA) is 149 Å². The van der Waals surface area contributed by atoms with Crippen molar-refractivity contribution in [3.05, 3.63) is 93.5 Å². The van der Waals surface area contributed by atoms with Crippen LogP contribution >= 0.6 is 0 Å². The predicted octanol–water partition coefficient (Wildman–Crippen LogP) is 4.32. The van der Waals surface area contributed by atoms with Crippen molar-refractivity contribution in [3.8, 4) is 11.5 Å². The molecule has 3 rings (SSSR count). The quantitative estimate of drug-likeness (QED) is 0.112. The van der Waals surface area contributed by atoms with Gasteiger partial charge in [0.15, 0.2) is 11.5 Å². The van der Waals surface area contributed by atoms with Crippen molar-refractivity contribution in [2.45, 2.75) is 13.1 Å². The lowest BCUT2D eigenvalue weighted by molar-refractivity contribution is -0.384. The Morgan fingerprint density at radius 1 is 0.897 bits per heavy atom. The fourth-order valence-corrected chi connectivity index (χ4v) is 3.04. The van der Waals surface area contributed by atoms with Crippen molar-refractivity contribution in [3.63, 3.8) is 0 Å². The van der Waals surface area contributed by atoms with Crippen molar-refractivity contribution in [1.82, 2.24) is 5.43 Å². The molecule has 11 nitrogen and oxygen atoms in total. The third kappa shape index (κ3) is 7.38. The number of rotatable bonds is 7. The van der Waals surface area contributed by atoms with Crippen molar-refractivity contribution in [1.29, 1.82) is 0 Å². The summed E-state index contributed by atoms with van der Waals surface area (Å²) in [5.74, 6) is -2.94. The molecule has 0 fully saturated rings. The number of hydrazone groups is 1. The molecular weight excluding hydrogens is 525 g/mol. The summed E-state index contributed by atoms with van der Waals surface area (Å²) in [5, 5.41) is 16.8. The first kappa shape index (κ1) is 28.3. The first-order valence-electron chi connectivity index (χ1n) is 10.9. The average Bonchev–Trinajstić information content (AvgIpc) is 2.91. The number of hydrogen-bond donors (Lipinski definition) is 2. The smallest absolute Gasteiger partial charge is 0.416 e. The van der Waals surface area contributed by atoms with E-state index in [4.69, 9.17) is 9.47 Å². The lowest BCUT2D eigenvalue weighted by atomic mass is 10.1. The van der Waals surface area contributed by atoms with Crippen LogP contribution in [0.4, 0.5) is 24.5 Å². The summed E-state index contributed by atoms with van der Waals surface area (Å²) in [4.78, 5) is 46.7. The Balaban J connectivity index is 1.64. The fourth-order valence-electron chi connectivity index (χ4n) is 3.04. The number of esters is 1. The number of carbonyl (C=O) groups excluding carboxylic acids is 3. The van der Waals surface area contributed by atoms with E-state index in [1.165, 1.54) is 44.4 Å². The SMILES string of the molecule is COc1cc(/C(C)=N/NC(=O)C(=O)Nc2ccc(C(F)(F)F)cc2)ccc1OC(=O)c1ccc([N+](=O)[O-])cc1. The molecule has 0 saturated heterocycles. The van der Waals surface area contributed by atoms with Gasteiger partial charge in [-0.05, 0) is 61.5 Å². The molecule has 2 N–H and O–H groups in total. The van der Waals surface area contributed by atoms with Crippen LogP contribution in [0, 0.1) is 10.1 Å². The first-order valence-corrected chi connectivity index (χ1v) is 10.9. The summed E-state index contributed by atoms with van der Waals surface area (Å²) in [7, 11) is 1.32. The Hall–Kier alpha value is -5.27. The summed E-state index contributed by atoms with van der Waals surface area (Å²) in [6, 6.07) is 12.7. The molecule has 2 amide bonds. The third-order valence-corrected chi connectivity index (χ3v) is 5.10. The van der Waals surface area contributed by atoms with Crippen molar-refractivity contribution < 1.29 is 42.0 Å². The molecule has 0 spiro atoms. The molecule has 0 aliphatic heterocycles. The van der Waals surface area contributed by atoms with Gasteiger partial charge in [0.1, 0.15) is 0 Å². The minimum Gasteiger partial charge on any atom is -0.493 e. The van der Waals surface area contributed by atoms with Gasteiger partial charge in [-0.25, -0.2) is 10.2 Å². The summed E-state index contributed by atoms with van der Waals surface area (Å²) in [6.07, 6.45) is -4.54. The van der Waals surface area contributed by atoms with E-state index in [1.54, 1.807) is 0 Å². The van der Waals surface area contributed by atoms with E-state index in [0.29, 0.717) is 5.56 Å². The molecule has 0 aliphatic rings. The van der Waals surface area contributed by atoms with Gasteiger partial charge in [-0.2, -0.15) is 18.3 Å². The number of nitro groups is 1. The van der Waals surface area contributed by atoms with Crippen molar-refractivity contribution in [2.75, 3.05) is 12.4 Å². The number of nitro benzene ring substituents is 1. The minimum absolute atomic E-state index is 0.0209. The van der Waals surface area contributed by atoms with E-state index >= 15 is 0 Å². The molecule has 202 valence electrons. The molecule has 0 radical (unpaired) electrons. The van der Waals surface area contributed by atoms with Crippen LogP contribution in [-0.4, -0.2) is 35.5 Å². The summed E-state index contributed by atoms with van der Waals surface area (Å²) in [6.45, 7) is 1.51. The summed E-state index contributed by atoms with van der Waals surface area (Å²) >= 11 is 0. The van der Waals surface area contributed by atoms with E-state index < -0.39 is 34.4 Å². The molecule has 3 aromatic rings. The Bertz CT molecular complexity index is 1440. The number of ether oxygens (including phenoxy) is 2. The maximum absolute atomic E-state index is 12.6. The minimum atomic E-state index is -4.54. The monoisotopic (exact) mass is 544 g/mol. The zero-order valence-corrected chi connectivity index (χ0v) is 20.2. The molecular formula is C25H19F3N4O7. The number of benzene rings is 3. The second-order valence-electron chi connectivity index (χ2n) is 7.73. The molecule has 0 heterocycles. The summed E-state index contributed by atoms with van der Waals surface area (Å²) < 4.78 is 48.5. The van der Waals surface area contributed by atoms with Crippen LogP contribution in [0.3, 0.4) is 0 Å². The number of methoxy groups -OCH3 is 1. The second-order valence-corrected chi connectivity index (χ2v) is 7.73. The van der Waals surface area contributed by atoms with E-state index in [1.807, 2.05) is 5.43 Å². The molecule has 0 saturated carbocycles.